The van der Waals surface area contributed by atoms with Crippen LogP contribution in [0.4, 0.5) is 11.4 Å². The number of nitrogen functional groups attached to an aromatic ring is 1. The van der Waals surface area contributed by atoms with Gasteiger partial charge in [-0.15, -0.1) is 0 Å². The van der Waals surface area contributed by atoms with Gasteiger partial charge in [0.05, 0.1) is 12.2 Å². The molecular formula is C14H17N3. The van der Waals surface area contributed by atoms with Crippen molar-refractivity contribution >= 4 is 11.4 Å². The summed E-state index contributed by atoms with van der Waals surface area (Å²) in [6.45, 7) is 2.87. The fraction of sp³-hybridized carbons (Fsp3) is 0.214. The van der Waals surface area contributed by atoms with Gasteiger partial charge < -0.3 is 10.6 Å². The molecule has 88 valence electrons. The smallest absolute Gasteiger partial charge is 0.0598 e. The zero-order valence-electron chi connectivity index (χ0n) is 10.2. The van der Waals surface area contributed by atoms with Crippen molar-refractivity contribution in [3.05, 3.63) is 53.9 Å². The highest BCUT2D eigenvalue weighted by Crippen LogP contribution is 2.22. The molecule has 0 aliphatic carbocycles. The number of hydrogen-bond donors (Lipinski definition) is 1. The standard InChI is InChI=1S/C14H17N3/c1-11-9-12(15)6-7-14(11)17(2)10-13-5-3-4-8-16-13/h3-9H,10,15H2,1-2H3. The van der Waals surface area contributed by atoms with Crippen molar-refractivity contribution in [3.63, 3.8) is 0 Å². The van der Waals surface area contributed by atoms with Crippen molar-refractivity contribution in [3.8, 4) is 0 Å². The van der Waals surface area contributed by atoms with Gasteiger partial charge in [0.25, 0.3) is 0 Å². The van der Waals surface area contributed by atoms with E-state index in [9.17, 15) is 0 Å². The summed E-state index contributed by atoms with van der Waals surface area (Å²) in [4.78, 5) is 6.50. The lowest BCUT2D eigenvalue weighted by molar-refractivity contribution is 0.881. The van der Waals surface area contributed by atoms with E-state index < -0.39 is 0 Å². The molecular weight excluding hydrogens is 210 g/mol. The van der Waals surface area contributed by atoms with E-state index in [4.69, 9.17) is 5.73 Å². The number of benzene rings is 1. The Morgan fingerprint density at radius 3 is 2.71 bits per heavy atom. The van der Waals surface area contributed by atoms with E-state index in [2.05, 4.69) is 23.9 Å². The number of hydrogen-bond acceptors (Lipinski definition) is 3. The first-order chi connectivity index (χ1) is 8.16. The van der Waals surface area contributed by atoms with Crippen LogP contribution in [-0.2, 0) is 6.54 Å². The van der Waals surface area contributed by atoms with Crippen LogP contribution in [0.3, 0.4) is 0 Å². The Kier molecular flexibility index (Phi) is 3.28. The van der Waals surface area contributed by atoms with Crippen LogP contribution in [0.5, 0.6) is 0 Å². The van der Waals surface area contributed by atoms with E-state index in [-0.39, 0.29) is 0 Å². The van der Waals surface area contributed by atoms with Crippen molar-refractivity contribution < 1.29 is 0 Å². The normalized spacial score (nSPS) is 10.2. The van der Waals surface area contributed by atoms with Gasteiger partial charge >= 0.3 is 0 Å². The molecule has 0 atom stereocenters. The molecule has 0 unspecified atom stereocenters. The maximum absolute atomic E-state index is 5.75. The quantitative estimate of drug-likeness (QED) is 0.819. The number of rotatable bonds is 3. The molecule has 2 aromatic rings. The topological polar surface area (TPSA) is 42.1 Å². The predicted molar refractivity (Wildman–Crippen MR) is 71.9 cm³/mol. The summed E-state index contributed by atoms with van der Waals surface area (Å²) < 4.78 is 0. The van der Waals surface area contributed by atoms with Gasteiger partial charge in [-0.1, -0.05) is 6.07 Å². The number of aromatic nitrogens is 1. The molecule has 0 saturated carbocycles. The molecule has 2 N–H and O–H groups in total. The predicted octanol–water partition coefficient (Wildman–Crippen LogP) is 2.61. The minimum absolute atomic E-state index is 0.797. The van der Waals surface area contributed by atoms with Gasteiger partial charge in [-0.3, -0.25) is 4.98 Å². The summed E-state index contributed by atoms with van der Waals surface area (Å²) >= 11 is 0. The van der Waals surface area contributed by atoms with E-state index in [1.807, 2.05) is 42.6 Å². The second-order valence-electron chi connectivity index (χ2n) is 4.22. The highest BCUT2D eigenvalue weighted by atomic mass is 15.1. The van der Waals surface area contributed by atoms with Gasteiger partial charge in [-0.05, 0) is 42.8 Å². The largest absolute Gasteiger partial charge is 0.399 e. The number of nitrogens with two attached hydrogens (primary N) is 1. The fourth-order valence-corrected chi connectivity index (χ4v) is 1.93. The summed E-state index contributed by atoms with van der Waals surface area (Å²) in [6.07, 6.45) is 1.82. The Hall–Kier alpha value is -2.03. The summed E-state index contributed by atoms with van der Waals surface area (Å²) in [5, 5.41) is 0. The molecule has 0 aliphatic heterocycles. The molecule has 1 heterocycles. The van der Waals surface area contributed by atoms with Gasteiger partial charge in [0.15, 0.2) is 0 Å². The molecule has 0 amide bonds. The molecule has 1 aromatic heterocycles. The Balaban J connectivity index is 2.17. The van der Waals surface area contributed by atoms with Crippen LogP contribution in [0.2, 0.25) is 0 Å². The van der Waals surface area contributed by atoms with Crippen molar-refractivity contribution in [1.29, 1.82) is 0 Å². The molecule has 0 bridgehead atoms. The molecule has 3 nitrogen and oxygen atoms in total. The van der Waals surface area contributed by atoms with Crippen LogP contribution in [-0.4, -0.2) is 12.0 Å². The first-order valence-electron chi connectivity index (χ1n) is 5.64. The lowest BCUT2D eigenvalue weighted by Crippen LogP contribution is -2.18. The zero-order valence-corrected chi connectivity index (χ0v) is 10.2. The molecule has 0 spiro atoms. The third kappa shape index (κ3) is 2.75. The number of nitrogens with zero attached hydrogens (tertiary/aromatic N) is 2. The summed E-state index contributed by atoms with van der Waals surface area (Å²) in [5.74, 6) is 0. The summed E-state index contributed by atoms with van der Waals surface area (Å²) in [7, 11) is 2.06. The van der Waals surface area contributed by atoms with E-state index >= 15 is 0 Å². The second kappa shape index (κ2) is 4.87. The lowest BCUT2D eigenvalue weighted by atomic mass is 10.1. The first kappa shape index (κ1) is 11.5. The molecule has 17 heavy (non-hydrogen) atoms. The van der Waals surface area contributed by atoms with Crippen LogP contribution < -0.4 is 10.6 Å². The summed E-state index contributed by atoms with van der Waals surface area (Å²) in [5.41, 5.74) is 9.98. The third-order valence-electron chi connectivity index (χ3n) is 2.76. The zero-order chi connectivity index (χ0) is 12.3. The van der Waals surface area contributed by atoms with Crippen LogP contribution in [0, 0.1) is 6.92 Å². The number of anilines is 2. The Labute approximate surface area is 102 Å². The first-order valence-corrected chi connectivity index (χ1v) is 5.64. The van der Waals surface area contributed by atoms with E-state index in [0.717, 1.165) is 17.9 Å². The number of pyridine rings is 1. The highest BCUT2D eigenvalue weighted by molar-refractivity contribution is 5.58. The molecule has 3 heteroatoms. The SMILES string of the molecule is Cc1cc(N)ccc1N(C)Cc1ccccn1. The van der Waals surface area contributed by atoms with Crippen molar-refractivity contribution in [1.82, 2.24) is 4.98 Å². The average Bonchev–Trinajstić information content (AvgIpc) is 2.30. The van der Waals surface area contributed by atoms with Crippen molar-refractivity contribution in [2.24, 2.45) is 0 Å². The summed E-state index contributed by atoms with van der Waals surface area (Å²) in [6, 6.07) is 11.9. The molecule has 1 aromatic carbocycles. The van der Waals surface area contributed by atoms with E-state index in [1.165, 1.54) is 11.3 Å². The van der Waals surface area contributed by atoms with E-state index in [0.29, 0.717) is 0 Å². The third-order valence-corrected chi connectivity index (χ3v) is 2.76. The monoisotopic (exact) mass is 227 g/mol. The fourth-order valence-electron chi connectivity index (χ4n) is 1.93. The van der Waals surface area contributed by atoms with Crippen LogP contribution in [0.25, 0.3) is 0 Å². The van der Waals surface area contributed by atoms with Crippen molar-refractivity contribution in [2.75, 3.05) is 17.7 Å². The van der Waals surface area contributed by atoms with Gasteiger partial charge in [0, 0.05) is 24.6 Å². The average molecular weight is 227 g/mol. The minimum Gasteiger partial charge on any atom is -0.399 e. The Bertz CT molecular complexity index is 494. The maximum Gasteiger partial charge on any atom is 0.0598 e. The van der Waals surface area contributed by atoms with Gasteiger partial charge in [0.2, 0.25) is 0 Å². The van der Waals surface area contributed by atoms with Gasteiger partial charge in [0.1, 0.15) is 0 Å². The Morgan fingerprint density at radius 1 is 1.24 bits per heavy atom. The second-order valence-corrected chi connectivity index (χ2v) is 4.22. The lowest BCUT2D eigenvalue weighted by Gasteiger charge is -2.21. The molecule has 0 aliphatic rings. The highest BCUT2D eigenvalue weighted by Gasteiger charge is 2.05. The molecule has 2 rings (SSSR count). The van der Waals surface area contributed by atoms with E-state index in [1.54, 1.807) is 0 Å². The number of aryl methyl sites for hydroxylation is 1. The van der Waals surface area contributed by atoms with Gasteiger partial charge in [-0.25, -0.2) is 0 Å². The Morgan fingerprint density at radius 2 is 2.06 bits per heavy atom. The maximum atomic E-state index is 5.75. The van der Waals surface area contributed by atoms with Crippen molar-refractivity contribution in [2.45, 2.75) is 13.5 Å². The molecule has 0 radical (unpaired) electrons. The van der Waals surface area contributed by atoms with Crippen LogP contribution in [0.1, 0.15) is 11.3 Å². The molecule has 0 fully saturated rings. The van der Waals surface area contributed by atoms with Gasteiger partial charge in [-0.2, -0.15) is 0 Å². The minimum atomic E-state index is 0.797. The molecule has 0 saturated heterocycles. The van der Waals surface area contributed by atoms with Crippen LogP contribution >= 0.6 is 0 Å². The van der Waals surface area contributed by atoms with Crippen LogP contribution in [0.15, 0.2) is 42.6 Å².